The van der Waals surface area contributed by atoms with Crippen LogP contribution in [0.4, 0.5) is 0 Å². The van der Waals surface area contributed by atoms with E-state index in [1.165, 1.54) is 12.8 Å². The third-order valence-corrected chi connectivity index (χ3v) is 2.56. The molecule has 0 aliphatic heterocycles. The van der Waals surface area contributed by atoms with Gasteiger partial charge in [-0.3, -0.25) is 9.69 Å². The van der Waals surface area contributed by atoms with Gasteiger partial charge in [0.05, 0.1) is 6.04 Å². The van der Waals surface area contributed by atoms with Gasteiger partial charge >= 0.3 is 0 Å². The molecule has 0 aromatic heterocycles. The summed E-state index contributed by atoms with van der Waals surface area (Å²) in [7, 11) is 0. The van der Waals surface area contributed by atoms with Crippen molar-refractivity contribution in [2.75, 3.05) is 13.1 Å². The van der Waals surface area contributed by atoms with Crippen molar-refractivity contribution in [2.45, 2.75) is 32.7 Å². The van der Waals surface area contributed by atoms with Crippen LogP contribution in [0.25, 0.3) is 0 Å². The molecule has 1 atom stereocenters. The zero-order chi connectivity index (χ0) is 9.14. The van der Waals surface area contributed by atoms with Crippen molar-refractivity contribution in [3.63, 3.8) is 0 Å². The van der Waals surface area contributed by atoms with Gasteiger partial charge in [-0.15, -0.1) is 0 Å². The molecule has 0 saturated heterocycles. The summed E-state index contributed by atoms with van der Waals surface area (Å²) < 4.78 is 0. The minimum absolute atomic E-state index is 0.101. The Labute approximate surface area is 73.9 Å². The number of amides is 1. The fourth-order valence-electron chi connectivity index (χ4n) is 1.37. The van der Waals surface area contributed by atoms with E-state index in [1.54, 1.807) is 0 Å². The lowest BCUT2D eigenvalue weighted by atomic mass is 10.2. The first-order valence-electron chi connectivity index (χ1n) is 4.68. The summed E-state index contributed by atoms with van der Waals surface area (Å²) in [6.07, 6.45) is 2.64. The van der Waals surface area contributed by atoms with Gasteiger partial charge in [0, 0.05) is 6.54 Å². The average Bonchev–Trinajstić information content (AvgIpc) is 2.82. The van der Waals surface area contributed by atoms with E-state index in [4.69, 9.17) is 5.73 Å². The molecule has 12 heavy (non-hydrogen) atoms. The SMILES string of the molecule is CCN(CC1CC1)C(C)C(N)=O. The van der Waals surface area contributed by atoms with Crippen LogP contribution in [-0.2, 0) is 4.79 Å². The molecule has 1 amide bonds. The number of hydrogen-bond acceptors (Lipinski definition) is 2. The minimum atomic E-state index is -0.211. The summed E-state index contributed by atoms with van der Waals surface area (Å²) in [5, 5.41) is 0. The number of hydrogen-bond donors (Lipinski definition) is 1. The van der Waals surface area contributed by atoms with Crippen molar-refractivity contribution < 1.29 is 4.79 Å². The van der Waals surface area contributed by atoms with Gasteiger partial charge < -0.3 is 5.73 Å². The molecule has 1 aliphatic carbocycles. The van der Waals surface area contributed by atoms with Crippen molar-refractivity contribution in [1.29, 1.82) is 0 Å². The van der Waals surface area contributed by atoms with Crippen LogP contribution < -0.4 is 5.73 Å². The lowest BCUT2D eigenvalue weighted by Crippen LogP contribution is -2.43. The van der Waals surface area contributed by atoms with E-state index in [2.05, 4.69) is 11.8 Å². The number of primary amides is 1. The maximum Gasteiger partial charge on any atom is 0.234 e. The molecule has 70 valence electrons. The number of nitrogens with zero attached hydrogens (tertiary/aromatic N) is 1. The van der Waals surface area contributed by atoms with Gasteiger partial charge in [-0.25, -0.2) is 0 Å². The van der Waals surface area contributed by atoms with E-state index in [-0.39, 0.29) is 11.9 Å². The molecule has 0 radical (unpaired) electrons. The zero-order valence-electron chi connectivity index (χ0n) is 7.92. The highest BCUT2D eigenvalue weighted by Crippen LogP contribution is 2.30. The quantitative estimate of drug-likeness (QED) is 0.656. The summed E-state index contributed by atoms with van der Waals surface area (Å²) in [5.74, 6) is 0.615. The van der Waals surface area contributed by atoms with Crippen LogP contribution in [0.5, 0.6) is 0 Å². The topological polar surface area (TPSA) is 46.3 Å². The Kier molecular flexibility index (Phi) is 3.09. The minimum Gasteiger partial charge on any atom is -0.368 e. The van der Waals surface area contributed by atoms with Crippen molar-refractivity contribution in [3.05, 3.63) is 0 Å². The normalized spacial score (nSPS) is 19.6. The Morgan fingerprint density at radius 2 is 2.25 bits per heavy atom. The summed E-state index contributed by atoms with van der Waals surface area (Å²) in [5.41, 5.74) is 5.23. The molecule has 0 aromatic rings. The van der Waals surface area contributed by atoms with Gasteiger partial charge in [0.15, 0.2) is 0 Å². The van der Waals surface area contributed by atoms with Gasteiger partial charge in [0.2, 0.25) is 5.91 Å². The number of nitrogens with two attached hydrogens (primary N) is 1. The molecule has 1 unspecified atom stereocenters. The van der Waals surface area contributed by atoms with Crippen LogP contribution in [-0.4, -0.2) is 29.9 Å². The second-order valence-electron chi connectivity index (χ2n) is 3.61. The molecular formula is C9H18N2O. The molecule has 1 rings (SSSR count). The van der Waals surface area contributed by atoms with Crippen molar-refractivity contribution in [2.24, 2.45) is 11.7 Å². The van der Waals surface area contributed by atoms with Crippen molar-refractivity contribution in [1.82, 2.24) is 4.90 Å². The number of likely N-dealkylation sites (N-methyl/N-ethyl adjacent to an activating group) is 1. The largest absolute Gasteiger partial charge is 0.368 e. The van der Waals surface area contributed by atoms with Gasteiger partial charge in [-0.1, -0.05) is 6.92 Å². The van der Waals surface area contributed by atoms with E-state index < -0.39 is 0 Å². The second-order valence-corrected chi connectivity index (χ2v) is 3.61. The zero-order valence-corrected chi connectivity index (χ0v) is 7.92. The van der Waals surface area contributed by atoms with E-state index >= 15 is 0 Å². The van der Waals surface area contributed by atoms with Crippen molar-refractivity contribution in [3.8, 4) is 0 Å². The molecule has 1 aliphatic rings. The first-order valence-corrected chi connectivity index (χ1v) is 4.68. The highest BCUT2D eigenvalue weighted by Gasteiger charge is 2.27. The highest BCUT2D eigenvalue weighted by molar-refractivity contribution is 5.79. The third-order valence-electron chi connectivity index (χ3n) is 2.56. The van der Waals surface area contributed by atoms with Gasteiger partial charge in [0.1, 0.15) is 0 Å². The van der Waals surface area contributed by atoms with Crippen LogP contribution in [0.3, 0.4) is 0 Å². The molecular weight excluding hydrogens is 152 g/mol. The molecule has 1 saturated carbocycles. The molecule has 3 heteroatoms. The smallest absolute Gasteiger partial charge is 0.234 e. The molecule has 0 bridgehead atoms. The Hall–Kier alpha value is -0.570. The predicted molar refractivity (Wildman–Crippen MR) is 48.6 cm³/mol. The van der Waals surface area contributed by atoms with Crippen LogP contribution >= 0.6 is 0 Å². The Morgan fingerprint density at radius 1 is 1.67 bits per heavy atom. The summed E-state index contributed by atoms with van der Waals surface area (Å²) >= 11 is 0. The summed E-state index contributed by atoms with van der Waals surface area (Å²) in [6.45, 7) is 5.91. The van der Waals surface area contributed by atoms with Gasteiger partial charge in [-0.05, 0) is 32.2 Å². The first-order chi connectivity index (χ1) is 5.65. The van der Waals surface area contributed by atoms with Crippen molar-refractivity contribution >= 4 is 5.91 Å². The standard InChI is InChI=1S/C9H18N2O/c1-3-11(6-8-4-5-8)7(2)9(10)12/h7-8H,3-6H2,1-2H3,(H2,10,12). The molecule has 0 spiro atoms. The number of carbonyl (C=O) groups excluding carboxylic acids is 1. The first kappa shape index (κ1) is 9.52. The van der Waals surface area contributed by atoms with E-state index in [1.807, 2.05) is 6.92 Å². The van der Waals surface area contributed by atoms with Gasteiger partial charge in [-0.2, -0.15) is 0 Å². The molecule has 0 heterocycles. The highest BCUT2D eigenvalue weighted by atomic mass is 16.1. The third kappa shape index (κ3) is 2.48. The van der Waals surface area contributed by atoms with Crippen LogP contribution in [0.15, 0.2) is 0 Å². The maximum absolute atomic E-state index is 10.9. The summed E-state index contributed by atoms with van der Waals surface area (Å²) in [4.78, 5) is 13.0. The molecule has 0 aromatic carbocycles. The van der Waals surface area contributed by atoms with E-state index in [0.29, 0.717) is 0 Å². The molecule has 2 N–H and O–H groups in total. The van der Waals surface area contributed by atoms with Crippen LogP contribution in [0.1, 0.15) is 26.7 Å². The van der Waals surface area contributed by atoms with Crippen LogP contribution in [0, 0.1) is 5.92 Å². The maximum atomic E-state index is 10.9. The lowest BCUT2D eigenvalue weighted by Gasteiger charge is -2.24. The molecule has 3 nitrogen and oxygen atoms in total. The Balaban J connectivity index is 2.36. The second kappa shape index (κ2) is 3.90. The fraction of sp³-hybridized carbons (Fsp3) is 0.889. The number of carbonyl (C=O) groups is 1. The molecule has 1 fully saturated rings. The average molecular weight is 170 g/mol. The Bertz CT molecular complexity index is 166. The lowest BCUT2D eigenvalue weighted by molar-refractivity contribution is -0.122. The predicted octanol–water partition coefficient (Wildman–Crippen LogP) is 0.592. The van der Waals surface area contributed by atoms with Gasteiger partial charge in [0.25, 0.3) is 0 Å². The van der Waals surface area contributed by atoms with E-state index in [0.717, 1.165) is 19.0 Å². The number of rotatable bonds is 5. The summed E-state index contributed by atoms with van der Waals surface area (Å²) in [6, 6.07) is -0.101. The van der Waals surface area contributed by atoms with Crippen LogP contribution in [0.2, 0.25) is 0 Å². The van der Waals surface area contributed by atoms with E-state index in [9.17, 15) is 4.79 Å². The fourth-order valence-corrected chi connectivity index (χ4v) is 1.37. The monoisotopic (exact) mass is 170 g/mol. The Morgan fingerprint density at radius 3 is 2.58 bits per heavy atom.